The van der Waals surface area contributed by atoms with Crippen LogP contribution in [0.5, 0.6) is 0 Å². The molecule has 1 aromatic rings. The van der Waals surface area contributed by atoms with Crippen LogP contribution >= 0.6 is 0 Å². The van der Waals surface area contributed by atoms with E-state index in [2.05, 4.69) is 24.1 Å². The van der Waals surface area contributed by atoms with Crippen molar-refractivity contribution >= 4 is 11.4 Å². The van der Waals surface area contributed by atoms with E-state index in [1.807, 2.05) is 0 Å². The molecule has 0 atom stereocenters. The van der Waals surface area contributed by atoms with Crippen LogP contribution in [0, 0.1) is 21.8 Å². The predicted molar refractivity (Wildman–Crippen MR) is 81.0 cm³/mol. The van der Waals surface area contributed by atoms with Crippen molar-refractivity contribution in [2.24, 2.45) is 5.92 Å². The summed E-state index contributed by atoms with van der Waals surface area (Å²) in [6.45, 7) is 7.60. The van der Waals surface area contributed by atoms with E-state index >= 15 is 0 Å². The van der Waals surface area contributed by atoms with Gasteiger partial charge in [-0.15, -0.1) is 0 Å². The molecule has 0 aromatic heterocycles. The molecule has 1 heterocycles. The average Bonchev–Trinajstić information content (AvgIpc) is 2.40. The van der Waals surface area contributed by atoms with Crippen LogP contribution in [0.3, 0.4) is 0 Å². The van der Waals surface area contributed by atoms with E-state index in [0.717, 1.165) is 32.5 Å². The Labute approximate surface area is 124 Å². The van der Waals surface area contributed by atoms with Gasteiger partial charge in [0, 0.05) is 43.5 Å². The lowest BCUT2D eigenvalue weighted by molar-refractivity contribution is -0.387. The summed E-state index contributed by atoms with van der Waals surface area (Å²) >= 11 is 0. The van der Waals surface area contributed by atoms with Crippen LogP contribution < -0.4 is 5.32 Å². The van der Waals surface area contributed by atoms with E-state index in [0.29, 0.717) is 17.6 Å². The summed E-state index contributed by atoms with van der Waals surface area (Å²) in [4.78, 5) is 12.3. The third-order valence-electron chi connectivity index (χ3n) is 3.73. The minimum Gasteiger partial charge on any atom is -0.382 e. The summed E-state index contributed by atoms with van der Waals surface area (Å²) in [5.74, 6) is -0.125. The summed E-state index contributed by atoms with van der Waals surface area (Å²) in [5, 5.41) is 13.9. The van der Waals surface area contributed by atoms with E-state index < -0.39 is 16.4 Å². The Hall–Kier alpha value is -1.69. The van der Waals surface area contributed by atoms with Crippen molar-refractivity contribution < 1.29 is 9.31 Å². The number of nitro benzene ring substituents is 1. The maximum atomic E-state index is 13.6. The van der Waals surface area contributed by atoms with Crippen molar-refractivity contribution in [2.45, 2.75) is 32.7 Å². The molecule has 1 aromatic carbocycles. The lowest BCUT2D eigenvalue weighted by Crippen LogP contribution is -2.40. The molecular formula is C15H22FN3O2. The van der Waals surface area contributed by atoms with Crippen LogP contribution in [0.1, 0.15) is 26.7 Å². The zero-order valence-electron chi connectivity index (χ0n) is 12.5. The number of anilines is 1. The maximum Gasteiger partial charge on any atom is 0.304 e. The summed E-state index contributed by atoms with van der Waals surface area (Å²) in [6.07, 6.45) is 2.01. The van der Waals surface area contributed by atoms with Crippen LogP contribution in [0.25, 0.3) is 0 Å². The van der Waals surface area contributed by atoms with E-state index in [1.165, 1.54) is 12.1 Å². The third-order valence-corrected chi connectivity index (χ3v) is 3.73. The molecule has 6 heteroatoms. The summed E-state index contributed by atoms with van der Waals surface area (Å²) in [7, 11) is 0. The first-order chi connectivity index (χ1) is 9.95. The van der Waals surface area contributed by atoms with E-state index in [9.17, 15) is 14.5 Å². The first kappa shape index (κ1) is 15.7. The minimum absolute atomic E-state index is 0.300. The number of likely N-dealkylation sites (tertiary alicyclic amines) is 1. The molecular weight excluding hydrogens is 273 g/mol. The van der Waals surface area contributed by atoms with Crippen LogP contribution in [-0.4, -0.2) is 35.5 Å². The van der Waals surface area contributed by atoms with Crippen molar-refractivity contribution in [1.29, 1.82) is 0 Å². The Morgan fingerprint density at radius 3 is 2.62 bits per heavy atom. The van der Waals surface area contributed by atoms with Gasteiger partial charge in [-0.2, -0.15) is 4.39 Å². The highest BCUT2D eigenvalue weighted by atomic mass is 19.1. The zero-order chi connectivity index (χ0) is 15.4. The molecule has 1 aliphatic rings. The summed E-state index contributed by atoms with van der Waals surface area (Å²) < 4.78 is 13.6. The fourth-order valence-corrected chi connectivity index (χ4v) is 2.76. The summed E-state index contributed by atoms with van der Waals surface area (Å²) in [5.41, 5.74) is 0.132. The molecule has 0 saturated carbocycles. The van der Waals surface area contributed by atoms with Crippen LogP contribution in [0.15, 0.2) is 18.2 Å². The monoisotopic (exact) mass is 295 g/mol. The Kier molecular flexibility index (Phi) is 5.12. The number of nitrogens with one attached hydrogen (secondary N) is 1. The number of nitro groups is 1. The van der Waals surface area contributed by atoms with Gasteiger partial charge in [0.25, 0.3) is 0 Å². The number of halogens is 1. The van der Waals surface area contributed by atoms with E-state index in [-0.39, 0.29) is 0 Å². The van der Waals surface area contributed by atoms with Crippen molar-refractivity contribution in [3.05, 3.63) is 34.1 Å². The number of nitrogens with zero attached hydrogens (tertiary/aromatic N) is 2. The van der Waals surface area contributed by atoms with Crippen LogP contribution in [0.4, 0.5) is 15.8 Å². The number of piperidine rings is 1. The Balaban J connectivity index is 1.89. The predicted octanol–water partition coefficient (Wildman–Crippen LogP) is 3.27. The molecule has 1 saturated heterocycles. The Morgan fingerprint density at radius 2 is 2.10 bits per heavy atom. The molecule has 0 amide bonds. The van der Waals surface area contributed by atoms with Crippen molar-refractivity contribution in [3.8, 4) is 0 Å². The highest BCUT2D eigenvalue weighted by Gasteiger charge is 2.20. The lowest BCUT2D eigenvalue weighted by Gasteiger charge is -2.33. The molecule has 5 nitrogen and oxygen atoms in total. The highest BCUT2D eigenvalue weighted by Crippen LogP contribution is 2.23. The highest BCUT2D eigenvalue weighted by molar-refractivity contribution is 5.50. The second-order valence-electron chi connectivity index (χ2n) is 6.04. The zero-order valence-corrected chi connectivity index (χ0v) is 12.5. The topological polar surface area (TPSA) is 58.4 Å². The molecule has 2 rings (SSSR count). The summed E-state index contributed by atoms with van der Waals surface area (Å²) in [6, 6.07) is 4.29. The standard InChI is InChI=1S/C15H22FN3O2/c1-11(2)10-18-7-5-12(6-8-18)17-13-3-4-15(19(20)21)14(16)9-13/h3-4,9,11-12,17H,5-8,10H2,1-2H3. The fraction of sp³-hybridized carbons (Fsp3) is 0.600. The number of rotatable bonds is 5. The molecule has 0 radical (unpaired) electrons. The van der Waals surface area contributed by atoms with Crippen molar-refractivity contribution in [2.75, 3.05) is 25.0 Å². The Morgan fingerprint density at radius 1 is 1.43 bits per heavy atom. The Bertz CT molecular complexity index is 500. The van der Waals surface area contributed by atoms with Gasteiger partial charge < -0.3 is 10.2 Å². The van der Waals surface area contributed by atoms with Gasteiger partial charge in [-0.25, -0.2) is 0 Å². The molecule has 21 heavy (non-hydrogen) atoms. The normalized spacial score (nSPS) is 17.1. The van der Waals surface area contributed by atoms with Gasteiger partial charge in [-0.1, -0.05) is 13.8 Å². The van der Waals surface area contributed by atoms with Gasteiger partial charge in [0.1, 0.15) is 0 Å². The molecule has 1 N–H and O–H groups in total. The van der Waals surface area contributed by atoms with Gasteiger partial charge in [0.2, 0.25) is 5.82 Å². The van der Waals surface area contributed by atoms with Gasteiger partial charge in [-0.3, -0.25) is 10.1 Å². The lowest BCUT2D eigenvalue weighted by atomic mass is 10.0. The second-order valence-corrected chi connectivity index (χ2v) is 6.04. The quantitative estimate of drug-likeness (QED) is 0.669. The van der Waals surface area contributed by atoms with Gasteiger partial charge >= 0.3 is 5.69 Å². The third kappa shape index (κ3) is 4.39. The number of hydrogen-bond donors (Lipinski definition) is 1. The van der Waals surface area contributed by atoms with Gasteiger partial charge in [0.15, 0.2) is 0 Å². The molecule has 1 fully saturated rings. The SMILES string of the molecule is CC(C)CN1CCC(Nc2ccc([N+](=O)[O-])c(F)c2)CC1. The molecule has 0 bridgehead atoms. The number of hydrogen-bond acceptors (Lipinski definition) is 4. The van der Waals surface area contributed by atoms with Crippen LogP contribution in [0.2, 0.25) is 0 Å². The number of benzene rings is 1. The van der Waals surface area contributed by atoms with E-state index in [4.69, 9.17) is 0 Å². The average molecular weight is 295 g/mol. The smallest absolute Gasteiger partial charge is 0.304 e. The molecule has 0 unspecified atom stereocenters. The first-order valence-electron chi connectivity index (χ1n) is 7.38. The van der Waals surface area contributed by atoms with Gasteiger partial charge in [0.05, 0.1) is 4.92 Å². The second kappa shape index (κ2) is 6.85. The van der Waals surface area contributed by atoms with Crippen molar-refractivity contribution in [3.63, 3.8) is 0 Å². The molecule has 116 valence electrons. The minimum atomic E-state index is -0.790. The molecule has 1 aliphatic heterocycles. The molecule has 0 spiro atoms. The van der Waals surface area contributed by atoms with Gasteiger partial charge in [-0.05, 0) is 24.8 Å². The maximum absolute atomic E-state index is 13.6. The van der Waals surface area contributed by atoms with Crippen molar-refractivity contribution in [1.82, 2.24) is 4.90 Å². The fourth-order valence-electron chi connectivity index (χ4n) is 2.76. The van der Waals surface area contributed by atoms with E-state index in [1.54, 1.807) is 6.07 Å². The first-order valence-corrected chi connectivity index (χ1v) is 7.38. The van der Waals surface area contributed by atoms with Crippen LogP contribution in [-0.2, 0) is 0 Å². The molecule has 0 aliphatic carbocycles. The largest absolute Gasteiger partial charge is 0.382 e.